The molecule has 1 saturated heterocycles. The lowest BCUT2D eigenvalue weighted by Crippen LogP contribution is -2.29. The largest absolute Gasteiger partial charge is 0.328 e. The van der Waals surface area contributed by atoms with Crippen molar-refractivity contribution in [1.82, 2.24) is 0 Å². The van der Waals surface area contributed by atoms with Gasteiger partial charge in [0.1, 0.15) is 6.10 Å². The summed E-state index contributed by atoms with van der Waals surface area (Å²) in [6.45, 7) is 4.85. The predicted molar refractivity (Wildman–Crippen MR) is 56.3 cm³/mol. The molecule has 3 nitrogen and oxygen atoms in total. The first-order valence-corrected chi connectivity index (χ1v) is 5.24. The van der Waals surface area contributed by atoms with Crippen LogP contribution in [0.2, 0.25) is 0 Å². The van der Waals surface area contributed by atoms with Gasteiger partial charge in [-0.2, -0.15) is 0 Å². The smallest absolute Gasteiger partial charge is 0.280 e. The van der Waals surface area contributed by atoms with Crippen LogP contribution in [-0.4, -0.2) is 19.2 Å². The number of ether oxygens (including phenoxy) is 3. The fraction of sp³-hybridized carbons (Fsp3) is 0.500. The Morgan fingerprint density at radius 2 is 2.13 bits per heavy atom. The molecule has 1 heterocycles. The van der Waals surface area contributed by atoms with E-state index in [2.05, 4.69) is 0 Å². The lowest BCUT2D eigenvalue weighted by atomic mass is 10.1. The van der Waals surface area contributed by atoms with Gasteiger partial charge in [0.2, 0.25) is 0 Å². The van der Waals surface area contributed by atoms with Crippen LogP contribution in [0.3, 0.4) is 0 Å². The minimum Gasteiger partial charge on any atom is -0.328 e. The second-order valence-electron chi connectivity index (χ2n) is 3.62. The Bertz CT molecular complexity index is 312. The van der Waals surface area contributed by atoms with E-state index in [1.54, 1.807) is 6.92 Å². The van der Waals surface area contributed by atoms with E-state index in [9.17, 15) is 0 Å². The molecule has 1 fully saturated rings. The van der Waals surface area contributed by atoms with Crippen molar-refractivity contribution in [2.24, 2.45) is 0 Å². The van der Waals surface area contributed by atoms with Crippen molar-refractivity contribution in [2.45, 2.75) is 25.9 Å². The quantitative estimate of drug-likeness (QED) is 0.763. The van der Waals surface area contributed by atoms with Gasteiger partial charge in [0.05, 0.1) is 6.61 Å². The Labute approximate surface area is 90.0 Å². The van der Waals surface area contributed by atoms with Crippen molar-refractivity contribution in [2.75, 3.05) is 13.2 Å². The lowest BCUT2D eigenvalue weighted by Gasteiger charge is -2.22. The molecule has 0 N–H and O–H groups in total. The molecule has 1 aliphatic heterocycles. The molecule has 2 atom stereocenters. The molecule has 1 aromatic carbocycles. The minimum absolute atomic E-state index is 0.0252. The number of benzene rings is 1. The Kier molecular flexibility index (Phi) is 3.05. The maximum Gasteiger partial charge on any atom is 0.280 e. The van der Waals surface area contributed by atoms with E-state index in [4.69, 9.17) is 14.2 Å². The van der Waals surface area contributed by atoms with Crippen LogP contribution in [0, 0.1) is 0 Å². The van der Waals surface area contributed by atoms with Gasteiger partial charge in [-0.15, -0.1) is 0 Å². The van der Waals surface area contributed by atoms with Crippen molar-refractivity contribution < 1.29 is 14.2 Å². The molecule has 0 bridgehead atoms. The molecule has 0 aromatic heterocycles. The van der Waals surface area contributed by atoms with Gasteiger partial charge in [0, 0.05) is 13.5 Å². The first-order valence-electron chi connectivity index (χ1n) is 5.24. The fourth-order valence-electron chi connectivity index (χ4n) is 1.72. The van der Waals surface area contributed by atoms with Crippen LogP contribution >= 0.6 is 0 Å². The molecule has 0 radical (unpaired) electrons. The van der Waals surface area contributed by atoms with Gasteiger partial charge in [0.15, 0.2) is 0 Å². The summed E-state index contributed by atoms with van der Waals surface area (Å²) >= 11 is 0. The van der Waals surface area contributed by atoms with Crippen LogP contribution in [0.15, 0.2) is 30.3 Å². The van der Waals surface area contributed by atoms with Crippen LogP contribution in [0.25, 0.3) is 0 Å². The van der Waals surface area contributed by atoms with Gasteiger partial charge in [-0.3, -0.25) is 0 Å². The third kappa shape index (κ3) is 2.37. The lowest BCUT2D eigenvalue weighted by molar-refractivity contribution is -0.324. The van der Waals surface area contributed by atoms with E-state index in [1.807, 2.05) is 37.3 Å². The summed E-state index contributed by atoms with van der Waals surface area (Å²) in [5, 5.41) is 0. The third-order valence-corrected chi connectivity index (χ3v) is 2.43. The zero-order chi connectivity index (χ0) is 10.7. The Balaban J connectivity index is 2.04. The van der Waals surface area contributed by atoms with E-state index >= 15 is 0 Å². The van der Waals surface area contributed by atoms with Crippen molar-refractivity contribution >= 4 is 0 Å². The second kappa shape index (κ2) is 4.31. The molecule has 1 aliphatic rings. The zero-order valence-electron chi connectivity index (χ0n) is 9.10. The summed E-state index contributed by atoms with van der Waals surface area (Å²) in [4.78, 5) is 0. The highest BCUT2D eigenvalue weighted by Crippen LogP contribution is 2.33. The molecule has 0 saturated carbocycles. The molecular formula is C12H16O3. The van der Waals surface area contributed by atoms with Crippen LogP contribution in [-0.2, 0) is 14.2 Å². The van der Waals surface area contributed by atoms with Gasteiger partial charge in [-0.1, -0.05) is 30.3 Å². The van der Waals surface area contributed by atoms with E-state index in [0.29, 0.717) is 13.2 Å². The van der Waals surface area contributed by atoms with Crippen LogP contribution < -0.4 is 0 Å². The second-order valence-corrected chi connectivity index (χ2v) is 3.62. The normalized spacial score (nSPS) is 30.7. The van der Waals surface area contributed by atoms with Crippen LogP contribution in [0.1, 0.15) is 25.5 Å². The minimum atomic E-state index is -0.880. The summed E-state index contributed by atoms with van der Waals surface area (Å²) in [6.07, 6.45) is -0.0252. The molecule has 2 rings (SSSR count). The first-order chi connectivity index (χ1) is 7.23. The standard InChI is InChI=1S/C12H16O3/c1-3-13-12(2)14-9-11(15-12)10-7-5-4-6-8-10/h4-8,11H,3,9H2,1-2H3/t11-,12?/m0/s1. The van der Waals surface area contributed by atoms with E-state index < -0.39 is 5.97 Å². The van der Waals surface area contributed by atoms with E-state index in [0.717, 1.165) is 5.56 Å². The summed E-state index contributed by atoms with van der Waals surface area (Å²) in [5.41, 5.74) is 1.13. The molecule has 82 valence electrons. The monoisotopic (exact) mass is 208 g/mol. The molecule has 1 aromatic rings. The Hall–Kier alpha value is -0.900. The molecule has 0 amide bonds. The molecule has 15 heavy (non-hydrogen) atoms. The molecule has 0 aliphatic carbocycles. The van der Waals surface area contributed by atoms with Gasteiger partial charge >= 0.3 is 0 Å². The summed E-state index contributed by atoms with van der Waals surface area (Å²) in [7, 11) is 0. The number of hydrogen-bond donors (Lipinski definition) is 0. The van der Waals surface area contributed by atoms with E-state index in [1.165, 1.54) is 0 Å². The van der Waals surface area contributed by atoms with Gasteiger partial charge in [-0.25, -0.2) is 0 Å². The molecule has 3 heteroatoms. The van der Waals surface area contributed by atoms with Crippen LogP contribution in [0.5, 0.6) is 0 Å². The van der Waals surface area contributed by atoms with Crippen LogP contribution in [0.4, 0.5) is 0 Å². The summed E-state index contributed by atoms with van der Waals surface area (Å²) in [6, 6.07) is 10.0. The number of rotatable bonds is 3. The Morgan fingerprint density at radius 3 is 2.80 bits per heavy atom. The van der Waals surface area contributed by atoms with Gasteiger partial charge in [0.25, 0.3) is 5.97 Å². The van der Waals surface area contributed by atoms with Gasteiger partial charge < -0.3 is 14.2 Å². The average molecular weight is 208 g/mol. The first kappa shape index (κ1) is 10.6. The van der Waals surface area contributed by atoms with Crippen molar-refractivity contribution in [1.29, 1.82) is 0 Å². The maximum atomic E-state index is 5.73. The Morgan fingerprint density at radius 1 is 1.40 bits per heavy atom. The molecule has 1 unspecified atom stereocenters. The highest BCUT2D eigenvalue weighted by molar-refractivity contribution is 5.18. The average Bonchev–Trinajstić information content (AvgIpc) is 2.63. The summed E-state index contributed by atoms with van der Waals surface area (Å²) < 4.78 is 16.6. The zero-order valence-corrected chi connectivity index (χ0v) is 9.10. The summed E-state index contributed by atoms with van der Waals surface area (Å²) in [5.74, 6) is -0.880. The van der Waals surface area contributed by atoms with Crippen molar-refractivity contribution in [3.63, 3.8) is 0 Å². The SMILES string of the molecule is CCOC1(C)OC[C@@H](c2ccccc2)O1. The molecular weight excluding hydrogens is 192 g/mol. The van der Waals surface area contributed by atoms with Crippen molar-refractivity contribution in [3.05, 3.63) is 35.9 Å². The predicted octanol–water partition coefficient (Wildman–Crippen LogP) is 2.48. The highest BCUT2D eigenvalue weighted by atomic mass is 16.9. The molecule has 0 spiro atoms. The van der Waals surface area contributed by atoms with E-state index in [-0.39, 0.29) is 6.10 Å². The van der Waals surface area contributed by atoms with Gasteiger partial charge in [-0.05, 0) is 12.5 Å². The highest BCUT2D eigenvalue weighted by Gasteiger charge is 2.38. The fourth-order valence-corrected chi connectivity index (χ4v) is 1.72. The maximum absolute atomic E-state index is 5.73. The number of hydrogen-bond acceptors (Lipinski definition) is 3. The topological polar surface area (TPSA) is 27.7 Å². The third-order valence-electron chi connectivity index (χ3n) is 2.43. The van der Waals surface area contributed by atoms with Crippen molar-refractivity contribution in [3.8, 4) is 0 Å².